The van der Waals surface area contributed by atoms with Crippen LogP contribution in [0.3, 0.4) is 0 Å². The lowest BCUT2D eigenvalue weighted by Crippen LogP contribution is -2.42. The summed E-state index contributed by atoms with van der Waals surface area (Å²) in [5, 5.41) is 11.2. The summed E-state index contributed by atoms with van der Waals surface area (Å²) < 4.78 is 6.65. The van der Waals surface area contributed by atoms with Gasteiger partial charge in [0.15, 0.2) is 11.9 Å². The number of nitrogens with zero attached hydrogens (tertiary/aromatic N) is 3. The number of fused-ring (bicyclic) bond motifs is 1. The summed E-state index contributed by atoms with van der Waals surface area (Å²) in [5.41, 5.74) is 0.0654. The van der Waals surface area contributed by atoms with E-state index in [4.69, 9.17) is 4.74 Å². The zero-order chi connectivity index (χ0) is 20.7. The predicted octanol–water partition coefficient (Wildman–Crippen LogP) is 2.25. The topological polar surface area (TPSA) is 112 Å². The zero-order valence-corrected chi connectivity index (χ0v) is 15.8. The Labute approximate surface area is 160 Å². The van der Waals surface area contributed by atoms with Crippen molar-refractivity contribution < 1.29 is 19.2 Å². The highest BCUT2D eigenvalue weighted by molar-refractivity contribution is 6.03. The molecule has 28 heavy (non-hydrogen) atoms. The first-order chi connectivity index (χ1) is 13.1. The first-order valence-electron chi connectivity index (χ1n) is 8.62. The summed E-state index contributed by atoms with van der Waals surface area (Å²) >= 11 is 0. The summed E-state index contributed by atoms with van der Waals surface area (Å²) in [7, 11) is 1.59. The minimum absolute atomic E-state index is 0.0979. The molecule has 1 aromatic carbocycles. The van der Waals surface area contributed by atoms with Gasteiger partial charge in [-0.2, -0.15) is 0 Å². The molecule has 2 unspecified atom stereocenters. The summed E-state index contributed by atoms with van der Waals surface area (Å²) in [5.74, 6) is -0.175. The Hall–Kier alpha value is -3.49. The second-order valence-electron chi connectivity index (χ2n) is 6.65. The Morgan fingerprint density at radius 1 is 1.25 bits per heavy atom. The maximum atomic E-state index is 13.0. The highest BCUT2D eigenvalue weighted by Crippen LogP contribution is 2.34. The molecule has 146 valence electrons. The van der Waals surface area contributed by atoms with E-state index in [1.54, 1.807) is 26.1 Å². The van der Waals surface area contributed by atoms with Gasteiger partial charge in [-0.1, -0.05) is 0 Å². The molecule has 2 aromatic rings. The number of ketones is 1. The van der Waals surface area contributed by atoms with Crippen LogP contribution in [0.5, 0.6) is 5.75 Å². The third kappa shape index (κ3) is 3.04. The molecule has 9 heteroatoms. The molecule has 1 aliphatic rings. The van der Waals surface area contributed by atoms with Crippen LogP contribution in [0.25, 0.3) is 0 Å². The van der Waals surface area contributed by atoms with Crippen molar-refractivity contribution in [2.75, 3.05) is 11.9 Å². The molecular weight excluding hydrogens is 366 g/mol. The number of benzene rings is 1. The van der Waals surface area contributed by atoms with Gasteiger partial charge in [-0.15, -0.1) is 0 Å². The second-order valence-corrected chi connectivity index (χ2v) is 6.65. The molecule has 1 aromatic heterocycles. The lowest BCUT2D eigenvalue weighted by Gasteiger charge is -2.30. The van der Waals surface area contributed by atoms with E-state index < -0.39 is 28.4 Å². The number of hydrogen-bond donors (Lipinski definition) is 0. The van der Waals surface area contributed by atoms with Gasteiger partial charge in [-0.25, -0.2) is 0 Å². The average Bonchev–Trinajstić information content (AvgIpc) is 2.65. The number of Topliss-reactive ketones (excluding diaryl/α,β-unsaturated/α-hetero) is 1. The first-order valence-corrected chi connectivity index (χ1v) is 8.62. The Morgan fingerprint density at radius 3 is 2.57 bits per heavy atom. The molecule has 0 N–H and O–H groups in total. The van der Waals surface area contributed by atoms with Crippen molar-refractivity contribution in [2.45, 2.75) is 32.9 Å². The van der Waals surface area contributed by atoms with E-state index in [1.165, 1.54) is 24.8 Å². The molecule has 1 aliphatic heterocycles. The van der Waals surface area contributed by atoms with E-state index in [1.807, 2.05) is 0 Å². The number of anilines is 1. The Morgan fingerprint density at radius 2 is 1.93 bits per heavy atom. The van der Waals surface area contributed by atoms with Crippen LogP contribution < -0.4 is 15.2 Å². The lowest BCUT2D eigenvalue weighted by molar-refractivity contribution is -0.386. The molecule has 0 saturated carbocycles. The van der Waals surface area contributed by atoms with E-state index in [0.717, 1.165) is 16.7 Å². The number of ether oxygens (including phenoxy) is 1. The van der Waals surface area contributed by atoms with Gasteiger partial charge in [0.05, 0.1) is 22.3 Å². The number of likely N-dealkylation sites (N-methyl/N-ethyl adjacent to an activating group) is 1. The van der Waals surface area contributed by atoms with Crippen LogP contribution in [-0.4, -0.2) is 34.3 Å². The quantitative estimate of drug-likeness (QED) is 0.453. The molecule has 0 radical (unpaired) electrons. The largest absolute Gasteiger partial charge is 0.479 e. The summed E-state index contributed by atoms with van der Waals surface area (Å²) in [6.07, 6.45) is -0.621. The molecule has 1 amide bonds. The highest BCUT2D eigenvalue weighted by atomic mass is 16.6. The Bertz CT molecular complexity index is 1060. The number of nitro groups is 1. The highest BCUT2D eigenvalue weighted by Gasteiger charge is 2.30. The monoisotopic (exact) mass is 385 g/mol. The lowest BCUT2D eigenvalue weighted by atomic mass is 10.0. The minimum Gasteiger partial charge on any atom is -0.479 e. The van der Waals surface area contributed by atoms with Gasteiger partial charge in [-0.3, -0.25) is 29.1 Å². The van der Waals surface area contributed by atoms with Crippen LogP contribution in [0, 0.1) is 17.0 Å². The molecule has 2 atom stereocenters. The second kappa shape index (κ2) is 6.91. The van der Waals surface area contributed by atoms with Gasteiger partial charge in [0.25, 0.3) is 17.2 Å². The van der Waals surface area contributed by atoms with Crippen molar-refractivity contribution in [1.29, 1.82) is 0 Å². The number of carbonyl (C=O) groups is 2. The summed E-state index contributed by atoms with van der Waals surface area (Å²) in [6, 6.07) is 5.90. The number of carbonyl (C=O) groups excluding carboxylic acids is 2. The predicted molar refractivity (Wildman–Crippen MR) is 101 cm³/mol. The normalized spacial score (nSPS) is 16.9. The average molecular weight is 385 g/mol. The number of aromatic nitrogens is 1. The molecule has 9 nitrogen and oxygen atoms in total. The molecule has 0 aliphatic carbocycles. The fourth-order valence-electron chi connectivity index (χ4n) is 3.34. The summed E-state index contributed by atoms with van der Waals surface area (Å²) in [4.78, 5) is 49.4. The zero-order valence-electron chi connectivity index (χ0n) is 15.8. The molecule has 0 bridgehead atoms. The third-order valence-electron chi connectivity index (χ3n) is 4.90. The smallest absolute Gasteiger partial charge is 0.288 e. The number of pyridine rings is 1. The van der Waals surface area contributed by atoms with E-state index >= 15 is 0 Å². The van der Waals surface area contributed by atoms with Crippen molar-refractivity contribution in [3.63, 3.8) is 0 Å². The summed E-state index contributed by atoms with van der Waals surface area (Å²) in [6.45, 7) is 4.58. The molecule has 2 heterocycles. The van der Waals surface area contributed by atoms with E-state index in [0.29, 0.717) is 11.4 Å². The van der Waals surface area contributed by atoms with Crippen molar-refractivity contribution in [2.24, 2.45) is 0 Å². The van der Waals surface area contributed by atoms with Gasteiger partial charge in [0.2, 0.25) is 0 Å². The standard InChI is InChI=1S/C19H19N3O6/c1-10-14(22(26)27)6-8-17(23)21(10)11(2)18(24)13-5-7-16-15(9-13)20(4)19(25)12(3)28-16/h5-9,11-12H,1-4H3. The Balaban J connectivity index is 2.02. The van der Waals surface area contributed by atoms with Gasteiger partial charge in [-0.05, 0) is 39.0 Å². The van der Waals surface area contributed by atoms with Crippen molar-refractivity contribution >= 4 is 23.1 Å². The fourth-order valence-corrected chi connectivity index (χ4v) is 3.34. The van der Waals surface area contributed by atoms with Crippen LogP contribution in [0.2, 0.25) is 0 Å². The number of amides is 1. The third-order valence-corrected chi connectivity index (χ3v) is 4.90. The van der Waals surface area contributed by atoms with Crippen LogP contribution in [0.1, 0.15) is 35.9 Å². The van der Waals surface area contributed by atoms with Crippen LogP contribution in [-0.2, 0) is 4.79 Å². The maximum Gasteiger partial charge on any atom is 0.288 e. The van der Waals surface area contributed by atoms with E-state index in [-0.39, 0.29) is 22.9 Å². The van der Waals surface area contributed by atoms with Crippen molar-refractivity contribution in [3.05, 3.63) is 62.1 Å². The Kier molecular flexibility index (Phi) is 4.76. The molecule has 0 saturated heterocycles. The van der Waals surface area contributed by atoms with E-state index in [2.05, 4.69) is 0 Å². The van der Waals surface area contributed by atoms with Crippen LogP contribution in [0.15, 0.2) is 35.1 Å². The van der Waals surface area contributed by atoms with E-state index in [9.17, 15) is 24.5 Å². The maximum absolute atomic E-state index is 13.0. The first kappa shape index (κ1) is 19.3. The molecule has 3 rings (SSSR count). The van der Waals surface area contributed by atoms with Gasteiger partial charge in [0, 0.05) is 24.7 Å². The van der Waals surface area contributed by atoms with Crippen molar-refractivity contribution in [3.8, 4) is 5.75 Å². The number of rotatable bonds is 4. The van der Waals surface area contributed by atoms with Gasteiger partial charge < -0.3 is 9.64 Å². The minimum atomic E-state index is -0.963. The van der Waals surface area contributed by atoms with Crippen LogP contribution >= 0.6 is 0 Å². The SMILES string of the molecule is Cc1c([N+](=O)[O-])ccc(=O)n1C(C)C(=O)c1ccc2c(c1)N(C)C(=O)C(C)O2. The van der Waals surface area contributed by atoms with Gasteiger partial charge >= 0.3 is 0 Å². The molecule has 0 spiro atoms. The molecule has 0 fully saturated rings. The molecular formula is C19H19N3O6. The van der Waals surface area contributed by atoms with Crippen LogP contribution in [0.4, 0.5) is 11.4 Å². The van der Waals surface area contributed by atoms with Gasteiger partial charge in [0.1, 0.15) is 5.75 Å². The fraction of sp³-hybridized carbons (Fsp3) is 0.316. The number of hydrogen-bond acceptors (Lipinski definition) is 6. The van der Waals surface area contributed by atoms with Crippen molar-refractivity contribution in [1.82, 2.24) is 4.57 Å².